The van der Waals surface area contributed by atoms with Crippen molar-refractivity contribution in [3.63, 3.8) is 0 Å². The van der Waals surface area contributed by atoms with Gasteiger partial charge in [0.15, 0.2) is 0 Å². The van der Waals surface area contributed by atoms with Gasteiger partial charge in [-0.2, -0.15) is 0 Å². The molecule has 0 spiro atoms. The monoisotopic (exact) mass is 268 g/mol. The Labute approximate surface area is 112 Å². The largest absolute Gasteiger partial charge is 0.368 e. The molecule has 4 heteroatoms. The first-order valence-corrected chi connectivity index (χ1v) is 6.95. The molecule has 18 heavy (non-hydrogen) atoms. The zero-order valence-electron chi connectivity index (χ0n) is 10.6. The maximum atomic E-state index is 13.2. The van der Waals surface area contributed by atoms with Gasteiger partial charge in [0.2, 0.25) is 0 Å². The third kappa shape index (κ3) is 2.10. The van der Waals surface area contributed by atoms with Crippen LogP contribution in [0.5, 0.6) is 0 Å². The highest BCUT2D eigenvalue weighted by atomic mass is 35.5. The van der Waals surface area contributed by atoms with E-state index >= 15 is 0 Å². The third-order valence-corrected chi connectivity index (χ3v) is 4.65. The van der Waals surface area contributed by atoms with Gasteiger partial charge < -0.3 is 4.90 Å². The Morgan fingerprint density at radius 3 is 2.50 bits per heavy atom. The summed E-state index contributed by atoms with van der Waals surface area (Å²) in [6, 6.07) is 6.30. The van der Waals surface area contributed by atoms with Crippen molar-refractivity contribution in [3.8, 4) is 0 Å². The van der Waals surface area contributed by atoms with Gasteiger partial charge in [-0.3, -0.25) is 4.90 Å². The fourth-order valence-electron chi connectivity index (χ4n) is 3.21. The summed E-state index contributed by atoms with van der Waals surface area (Å²) in [5.41, 5.74) is 1.05. The van der Waals surface area contributed by atoms with Crippen LogP contribution in [-0.4, -0.2) is 37.1 Å². The van der Waals surface area contributed by atoms with Gasteiger partial charge in [0.05, 0.1) is 5.02 Å². The van der Waals surface area contributed by atoms with E-state index in [2.05, 4.69) is 16.8 Å². The molecule has 1 aromatic rings. The molecule has 3 rings (SSSR count). The second-order valence-electron chi connectivity index (χ2n) is 5.41. The van der Waals surface area contributed by atoms with Crippen molar-refractivity contribution >= 4 is 17.3 Å². The molecule has 2 unspecified atom stereocenters. The van der Waals surface area contributed by atoms with E-state index in [0.29, 0.717) is 12.1 Å². The van der Waals surface area contributed by atoms with Crippen molar-refractivity contribution in [2.24, 2.45) is 0 Å². The molecule has 0 amide bonds. The highest BCUT2D eigenvalue weighted by Crippen LogP contribution is 2.31. The maximum absolute atomic E-state index is 13.2. The molecule has 2 aliphatic rings. The van der Waals surface area contributed by atoms with Crippen LogP contribution in [0.15, 0.2) is 18.2 Å². The van der Waals surface area contributed by atoms with E-state index in [-0.39, 0.29) is 10.8 Å². The van der Waals surface area contributed by atoms with Crippen molar-refractivity contribution in [1.82, 2.24) is 4.90 Å². The number of rotatable bonds is 1. The number of likely N-dealkylation sites (N-methyl/N-ethyl adjacent to an activating group) is 1. The van der Waals surface area contributed by atoms with E-state index in [1.807, 2.05) is 6.07 Å². The number of halogens is 2. The summed E-state index contributed by atoms with van der Waals surface area (Å²) in [5, 5.41) is 0.219. The predicted octanol–water partition coefficient (Wildman–Crippen LogP) is 3.15. The zero-order valence-corrected chi connectivity index (χ0v) is 11.3. The molecule has 0 saturated carbocycles. The molecule has 0 aromatic heterocycles. The average Bonchev–Trinajstić information content (AvgIpc) is 2.32. The molecule has 0 radical (unpaired) electrons. The minimum absolute atomic E-state index is 0.219. The first kappa shape index (κ1) is 12.2. The molecule has 2 heterocycles. The van der Waals surface area contributed by atoms with Crippen LogP contribution in [0.1, 0.15) is 19.3 Å². The zero-order chi connectivity index (χ0) is 12.7. The Morgan fingerprint density at radius 1 is 1.22 bits per heavy atom. The minimum Gasteiger partial charge on any atom is -0.368 e. The van der Waals surface area contributed by atoms with Gasteiger partial charge in [-0.1, -0.05) is 18.0 Å². The topological polar surface area (TPSA) is 6.48 Å². The lowest BCUT2D eigenvalue weighted by atomic mass is 9.92. The van der Waals surface area contributed by atoms with E-state index in [9.17, 15) is 4.39 Å². The van der Waals surface area contributed by atoms with Crippen LogP contribution in [-0.2, 0) is 0 Å². The molecule has 2 aliphatic heterocycles. The SMILES string of the molecule is CN1C2CCCC1CN(c1ccc(F)c(Cl)c1)C2. The molecular weight excluding hydrogens is 251 g/mol. The molecule has 2 bridgehead atoms. The van der Waals surface area contributed by atoms with Gasteiger partial charge in [-0.25, -0.2) is 4.39 Å². The number of benzene rings is 1. The summed E-state index contributed by atoms with van der Waals surface area (Å²) in [7, 11) is 2.23. The van der Waals surface area contributed by atoms with Crippen LogP contribution in [0, 0.1) is 5.82 Å². The number of piperidine rings is 1. The number of piperazine rings is 1. The summed E-state index contributed by atoms with van der Waals surface area (Å²) in [5.74, 6) is -0.338. The molecule has 0 aliphatic carbocycles. The Morgan fingerprint density at radius 2 is 1.89 bits per heavy atom. The lowest BCUT2D eigenvalue weighted by Crippen LogP contribution is -2.59. The van der Waals surface area contributed by atoms with Crippen LogP contribution < -0.4 is 4.90 Å². The second kappa shape index (κ2) is 4.71. The summed E-state index contributed by atoms with van der Waals surface area (Å²) in [6.07, 6.45) is 3.86. The smallest absolute Gasteiger partial charge is 0.141 e. The average molecular weight is 269 g/mol. The maximum Gasteiger partial charge on any atom is 0.141 e. The summed E-state index contributed by atoms with van der Waals surface area (Å²) in [4.78, 5) is 4.85. The quantitative estimate of drug-likeness (QED) is 0.772. The fourth-order valence-corrected chi connectivity index (χ4v) is 3.39. The van der Waals surface area contributed by atoms with Crippen LogP contribution in [0.25, 0.3) is 0 Å². The Balaban J connectivity index is 1.83. The van der Waals surface area contributed by atoms with Gasteiger partial charge >= 0.3 is 0 Å². The minimum atomic E-state index is -0.338. The number of nitrogens with zero attached hydrogens (tertiary/aromatic N) is 2. The molecule has 2 atom stereocenters. The molecule has 98 valence electrons. The molecule has 2 nitrogen and oxygen atoms in total. The first-order chi connectivity index (χ1) is 8.65. The molecule has 0 N–H and O–H groups in total. The van der Waals surface area contributed by atoms with E-state index < -0.39 is 0 Å². The Kier molecular flexibility index (Phi) is 3.20. The van der Waals surface area contributed by atoms with Crippen LogP contribution in [0.4, 0.5) is 10.1 Å². The molecule has 1 aromatic carbocycles. The van der Waals surface area contributed by atoms with Crippen molar-refractivity contribution in [2.75, 3.05) is 25.0 Å². The van der Waals surface area contributed by atoms with Crippen molar-refractivity contribution in [3.05, 3.63) is 29.0 Å². The first-order valence-electron chi connectivity index (χ1n) is 6.57. The number of fused-ring (bicyclic) bond motifs is 2. The van der Waals surface area contributed by atoms with Crippen LogP contribution >= 0.6 is 11.6 Å². The predicted molar refractivity (Wildman–Crippen MR) is 72.8 cm³/mol. The Hall–Kier alpha value is -0.800. The third-order valence-electron chi connectivity index (χ3n) is 4.36. The van der Waals surface area contributed by atoms with E-state index in [0.717, 1.165) is 18.8 Å². The molecule has 2 saturated heterocycles. The number of hydrogen-bond donors (Lipinski definition) is 0. The fraction of sp³-hybridized carbons (Fsp3) is 0.571. The van der Waals surface area contributed by atoms with E-state index in [4.69, 9.17) is 11.6 Å². The highest BCUT2D eigenvalue weighted by Gasteiger charge is 2.34. The molecule has 2 fully saturated rings. The van der Waals surface area contributed by atoms with Crippen LogP contribution in [0.3, 0.4) is 0 Å². The van der Waals surface area contributed by atoms with E-state index in [1.54, 1.807) is 6.07 Å². The standard InChI is InChI=1S/C14H18ClFN2/c1-17-11-3-2-4-12(17)9-18(8-11)10-5-6-14(16)13(15)7-10/h5-7,11-12H,2-4,8-9H2,1H3. The lowest BCUT2D eigenvalue weighted by Gasteiger charge is -2.49. The second-order valence-corrected chi connectivity index (χ2v) is 5.81. The summed E-state index contributed by atoms with van der Waals surface area (Å²) < 4.78 is 13.2. The Bertz CT molecular complexity index is 437. The van der Waals surface area contributed by atoms with Crippen molar-refractivity contribution in [2.45, 2.75) is 31.3 Å². The highest BCUT2D eigenvalue weighted by molar-refractivity contribution is 6.31. The van der Waals surface area contributed by atoms with Gasteiger partial charge in [0.25, 0.3) is 0 Å². The van der Waals surface area contributed by atoms with Gasteiger partial charge in [-0.05, 0) is 38.1 Å². The van der Waals surface area contributed by atoms with Gasteiger partial charge in [-0.15, -0.1) is 0 Å². The van der Waals surface area contributed by atoms with Crippen LogP contribution in [0.2, 0.25) is 5.02 Å². The summed E-state index contributed by atoms with van der Waals surface area (Å²) in [6.45, 7) is 2.05. The normalized spacial score (nSPS) is 28.5. The lowest BCUT2D eigenvalue weighted by molar-refractivity contribution is 0.0950. The van der Waals surface area contributed by atoms with Gasteiger partial charge in [0, 0.05) is 30.9 Å². The van der Waals surface area contributed by atoms with Crippen molar-refractivity contribution < 1.29 is 4.39 Å². The van der Waals surface area contributed by atoms with Gasteiger partial charge in [0.1, 0.15) is 5.82 Å². The number of anilines is 1. The van der Waals surface area contributed by atoms with E-state index in [1.165, 1.54) is 25.3 Å². The van der Waals surface area contributed by atoms with Crippen molar-refractivity contribution in [1.29, 1.82) is 0 Å². The molecular formula is C14H18ClFN2. The number of hydrogen-bond acceptors (Lipinski definition) is 2. The summed E-state index contributed by atoms with van der Waals surface area (Å²) >= 11 is 5.87.